The predicted molar refractivity (Wildman–Crippen MR) is 135 cm³/mol. The fourth-order valence-electron chi connectivity index (χ4n) is 3.22. The van der Waals surface area contributed by atoms with Gasteiger partial charge in [-0.15, -0.1) is 0 Å². The molecule has 0 bridgehead atoms. The van der Waals surface area contributed by atoms with E-state index >= 15 is 0 Å². The number of hydrogen-bond acceptors (Lipinski definition) is 4. The Kier molecular flexibility index (Phi) is 6.60. The number of aromatic nitrogens is 2. The Hall–Kier alpha value is -2.21. The molecule has 0 N–H and O–H groups in total. The van der Waals surface area contributed by atoms with E-state index in [9.17, 15) is 0 Å². The van der Waals surface area contributed by atoms with Gasteiger partial charge in [-0.1, -0.05) is 72.8 Å². The number of allylic oxidation sites excluding steroid dienone is 1. The molecule has 6 heteroatoms. The molecule has 4 aromatic rings. The summed E-state index contributed by atoms with van der Waals surface area (Å²) in [5.41, 5.74) is 8.74. The van der Waals surface area contributed by atoms with E-state index in [1.165, 1.54) is 17.3 Å². The van der Waals surface area contributed by atoms with Crippen LogP contribution in [0, 0.1) is 0 Å². The zero-order valence-electron chi connectivity index (χ0n) is 15.7. The summed E-state index contributed by atoms with van der Waals surface area (Å²) < 4.78 is 13.4. The fourth-order valence-corrected chi connectivity index (χ4v) is 4.34. The highest BCUT2D eigenvalue weighted by atomic mass is 127. The first-order chi connectivity index (χ1) is 14.3. The zero-order chi connectivity index (χ0) is 20.1. The summed E-state index contributed by atoms with van der Waals surface area (Å²) in [6, 6.07) is 22.3. The van der Waals surface area contributed by atoms with E-state index in [1.807, 2.05) is 25.3 Å². The molecular formula is C23H17IN3PS. The normalized spacial score (nSPS) is 12.1. The molecule has 0 saturated heterocycles. The minimum atomic E-state index is 0.951. The van der Waals surface area contributed by atoms with Crippen LogP contribution < -0.4 is 0 Å². The van der Waals surface area contributed by atoms with Gasteiger partial charge in [-0.25, -0.2) is 4.74 Å². The Labute approximate surface area is 188 Å². The molecule has 0 fully saturated rings. The molecule has 0 radical (unpaired) electrons. The Morgan fingerprint density at radius 1 is 0.793 bits per heavy atom. The van der Waals surface area contributed by atoms with E-state index < -0.39 is 0 Å². The maximum Gasteiger partial charge on any atom is 0.113 e. The molecule has 1 aromatic heterocycles. The SMILES string of the molecule is C/C=C/c1ccc(-c2ccc(-c3ccc(/C=C/N=PI)cc3)c3nsnc23)cc1. The number of halogens is 1. The van der Waals surface area contributed by atoms with Crippen LogP contribution in [0.5, 0.6) is 0 Å². The maximum absolute atomic E-state index is 4.60. The van der Waals surface area contributed by atoms with Crippen molar-refractivity contribution in [1.29, 1.82) is 0 Å². The maximum atomic E-state index is 4.60. The largest absolute Gasteiger partial charge is 0.229 e. The van der Waals surface area contributed by atoms with Gasteiger partial charge in [0.05, 0.1) is 17.7 Å². The molecule has 0 amide bonds. The fraction of sp³-hybridized carbons (Fsp3) is 0.0435. The van der Waals surface area contributed by atoms with E-state index in [0.717, 1.165) is 44.9 Å². The molecule has 0 aliphatic carbocycles. The predicted octanol–water partition coefficient (Wildman–Crippen LogP) is 8.51. The van der Waals surface area contributed by atoms with Crippen LogP contribution in [-0.4, -0.2) is 8.75 Å². The molecule has 29 heavy (non-hydrogen) atoms. The van der Waals surface area contributed by atoms with E-state index in [0.29, 0.717) is 0 Å². The van der Waals surface area contributed by atoms with Crippen molar-refractivity contribution in [2.75, 3.05) is 0 Å². The minimum Gasteiger partial charge on any atom is -0.229 e. The molecule has 1 heterocycles. The third kappa shape index (κ3) is 4.53. The number of fused-ring (bicyclic) bond motifs is 1. The monoisotopic (exact) mass is 525 g/mol. The molecule has 3 aromatic carbocycles. The number of rotatable bonds is 5. The summed E-state index contributed by atoms with van der Waals surface area (Å²) in [7, 11) is 0. The van der Waals surface area contributed by atoms with Gasteiger partial charge in [0.25, 0.3) is 0 Å². The molecular weight excluding hydrogens is 508 g/mol. The highest BCUT2D eigenvalue weighted by molar-refractivity contribution is 14.2. The van der Waals surface area contributed by atoms with E-state index in [1.54, 1.807) is 0 Å². The molecule has 0 unspecified atom stereocenters. The first-order valence-corrected chi connectivity index (χ1v) is 13.4. The van der Waals surface area contributed by atoms with Gasteiger partial charge in [0, 0.05) is 39.4 Å². The minimum absolute atomic E-state index is 0.951. The Balaban J connectivity index is 1.71. The average molecular weight is 525 g/mol. The van der Waals surface area contributed by atoms with Crippen molar-refractivity contribution in [2.24, 2.45) is 4.74 Å². The van der Waals surface area contributed by atoms with E-state index in [4.69, 9.17) is 0 Å². The lowest BCUT2D eigenvalue weighted by Gasteiger charge is -2.08. The lowest BCUT2D eigenvalue weighted by molar-refractivity contribution is 1.56. The summed E-state index contributed by atoms with van der Waals surface area (Å²) in [4.78, 5) is 0. The van der Waals surface area contributed by atoms with Crippen LogP contribution in [0.4, 0.5) is 0 Å². The van der Waals surface area contributed by atoms with Crippen molar-refractivity contribution in [1.82, 2.24) is 8.75 Å². The zero-order valence-corrected chi connectivity index (χ0v) is 19.5. The van der Waals surface area contributed by atoms with E-state index in [2.05, 4.69) is 102 Å². The first-order valence-electron chi connectivity index (χ1n) is 9.06. The van der Waals surface area contributed by atoms with Crippen LogP contribution in [0.1, 0.15) is 18.1 Å². The second kappa shape index (κ2) is 9.53. The second-order valence-electron chi connectivity index (χ2n) is 6.37. The number of hydrogen-bond donors (Lipinski definition) is 0. The van der Waals surface area contributed by atoms with Crippen LogP contribution in [0.15, 0.2) is 77.7 Å². The van der Waals surface area contributed by atoms with Crippen LogP contribution in [0.3, 0.4) is 0 Å². The van der Waals surface area contributed by atoms with Crippen molar-refractivity contribution in [3.63, 3.8) is 0 Å². The average Bonchev–Trinajstić information content (AvgIpc) is 3.25. The van der Waals surface area contributed by atoms with Gasteiger partial charge in [-0.05, 0) is 35.3 Å². The molecule has 0 aliphatic rings. The quantitative estimate of drug-likeness (QED) is 0.194. The van der Waals surface area contributed by atoms with Crippen molar-refractivity contribution in [3.05, 3.63) is 84.1 Å². The van der Waals surface area contributed by atoms with E-state index in [-0.39, 0.29) is 0 Å². The van der Waals surface area contributed by atoms with Crippen molar-refractivity contribution in [2.45, 2.75) is 6.92 Å². The molecule has 0 saturated carbocycles. The van der Waals surface area contributed by atoms with Gasteiger partial charge >= 0.3 is 0 Å². The summed E-state index contributed by atoms with van der Waals surface area (Å²) in [6.07, 6.45) is 7.99. The molecule has 3 nitrogen and oxygen atoms in total. The van der Waals surface area contributed by atoms with Crippen LogP contribution in [-0.2, 0) is 0 Å². The number of nitrogens with zero attached hydrogens (tertiary/aromatic N) is 3. The Bertz CT molecular complexity index is 1210. The lowest BCUT2D eigenvalue weighted by atomic mass is 9.97. The summed E-state index contributed by atoms with van der Waals surface area (Å²) in [5.74, 6) is 0. The van der Waals surface area contributed by atoms with Crippen molar-refractivity contribution < 1.29 is 0 Å². The molecule has 0 atom stereocenters. The van der Waals surface area contributed by atoms with Gasteiger partial charge in [0.15, 0.2) is 0 Å². The summed E-state index contributed by atoms with van der Waals surface area (Å²) in [5, 5.41) is 0. The Morgan fingerprint density at radius 2 is 1.31 bits per heavy atom. The Morgan fingerprint density at radius 3 is 1.79 bits per heavy atom. The molecule has 0 aliphatic heterocycles. The van der Waals surface area contributed by atoms with Crippen LogP contribution >= 0.6 is 39.8 Å². The lowest BCUT2D eigenvalue weighted by Crippen LogP contribution is -1.86. The highest BCUT2D eigenvalue weighted by Crippen LogP contribution is 2.34. The number of benzene rings is 3. The highest BCUT2D eigenvalue weighted by Gasteiger charge is 2.13. The third-order valence-corrected chi connectivity index (χ3v) is 6.09. The van der Waals surface area contributed by atoms with Crippen LogP contribution in [0.2, 0.25) is 0 Å². The topological polar surface area (TPSA) is 38.1 Å². The molecule has 142 valence electrons. The first kappa shape index (κ1) is 20.1. The van der Waals surface area contributed by atoms with Gasteiger partial charge in [0.2, 0.25) is 0 Å². The van der Waals surface area contributed by atoms with Crippen LogP contribution in [0.25, 0.3) is 45.4 Å². The van der Waals surface area contributed by atoms with Gasteiger partial charge < -0.3 is 0 Å². The summed E-state index contributed by atoms with van der Waals surface area (Å²) >= 11 is 3.46. The second-order valence-corrected chi connectivity index (χ2v) is 8.58. The van der Waals surface area contributed by atoms with Crippen molar-refractivity contribution in [3.8, 4) is 22.3 Å². The molecule has 0 spiro atoms. The summed E-state index contributed by atoms with van der Waals surface area (Å²) in [6.45, 7) is 2.03. The van der Waals surface area contributed by atoms with Gasteiger partial charge in [-0.3, -0.25) is 0 Å². The van der Waals surface area contributed by atoms with Crippen molar-refractivity contribution >= 4 is 63.0 Å². The van der Waals surface area contributed by atoms with Gasteiger partial charge in [-0.2, -0.15) is 8.75 Å². The smallest absolute Gasteiger partial charge is 0.113 e. The third-order valence-electron chi connectivity index (χ3n) is 4.60. The molecule has 4 rings (SSSR count). The van der Waals surface area contributed by atoms with Gasteiger partial charge in [0.1, 0.15) is 11.0 Å². The standard InChI is InChI=1S/C23H17IN3PS/c1-2-3-16-4-8-18(9-5-16)20-12-13-21(23-22(20)26-29-27-23)19-10-6-17(7-11-19)14-15-25-28-24/h2-15H,1H3/b3-2+,15-14+.